The summed E-state index contributed by atoms with van der Waals surface area (Å²) in [6.07, 6.45) is 0.421. The lowest BCUT2D eigenvalue weighted by Crippen LogP contribution is -2.24. The van der Waals surface area contributed by atoms with Crippen molar-refractivity contribution >= 4 is 39.0 Å². The highest BCUT2D eigenvalue weighted by Gasteiger charge is 2.17. The van der Waals surface area contributed by atoms with Gasteiger partial charge in [-0.25, -0.2) is 13.2 Å². The molecule has 0 saturated carbocycles. The van der Waals surface area contributed by atoms with Crippen molar-refractivity contribution in [1.29, 1.82) is 0 Å². The van der Waals surface area contributed by atoms with Crippen molar-refractivity contribution in [2.75, 3.05) is 16.8 Å². The molecule has 0 radical (unpaired) electrons. The van der Waals surface area contributed by atoms with Crippen LogP contribution in [0.15, 0.2) is 18.2 Å². The van der Waals surface area contributed by atoms with Crippen LogP contribution in [0.5, 0.6) is 0 Å². The largest absolute Gasteiger partial charge is 0.478 e. The number of hydrogen-bond donors (Lipinski definition) is 2. The molecule has 6 nitrogen and oxygen atoms in total. The molecule has 0 saturated heterocycles. The van der Waals surface area contributed by atoms with E-state index in [4.69, 9.17) is 16.7 Å². The van der Waals surface area contributed by atoms with Crippen molar-refractivity contribution in [3.05, 3.63) is 28.8 Å². The fourth-order valence-electron chi connectivity index (χ4n) is 1.52. The molecular formula is C12H14ClNO5S. The van der Waals surface area contributed by atoms with Gasteiger partial charge in [0.15, 0.2) is 9.84 Å². The van der Waals surface area contributed by atoms with Crippen LogP contribution >= 0.6 is 11.6 Å². The molecule has 2 N–H and O–H groups in total. The maximum atomic E-state index is 11.6. The van der Waals surface area contributed by atoms with Crippen molar-refractivity contribution in [1.82, 2.24) is 0 Å². The highest BCUT2D eigenvalue weighted by molar-refractivity contribution is 7.92. The molecule has 0 aliphatic heterocycles. The van der Waals surface area contributed by atoms with Gasteiger partial charge in [-0.15, -0.1) is 0 Å². The molecule has 1 aromatic carbocycles. The minimum absolute atomic E-state index is 0.0545. The molecule has 1 aromatic rings. The third-order valence-electron chi connectivity index (χ3n) is 2.35. The zero-order valence-electron chi connectivity index (χ0n) is 10.7. The molecule has 1 amide bonds. The number of aromatic carboxylic acids is 1. The Bertz CT molecular complexity index is 627. The average molecular weight is 320 g/mol. The van der Waals surface area contributed by atoms with Crippen molar-refractivity contribution in [2.45, 2.75) is 13.3 Å². The second-order valence-corrected chi connectivity index (χ2v) is 6.73. The number of sulfone groups is 1. The van der Waals surface area contributed by atoms with E-state index in [-0.39, 0.29) is 22.0 Å². The number of nitrogens with one attached hydrogen (secondary N) is 1. The van der Waals surface area contributed by atoms with Gasteiger partial charge in [-0.2, -0.15) is 0 Å². The number of carbonyl (C=O) groups excluding carboxylic acids is 1. The van der Waals surface area contributed by atoms with E-state index in [0.717, 1.165) is 0 Å². The van der Waals surface area contributed by atoms with Crippen LogP contribution in [-0.4, -0.2) is 36.9 Å². The molecular weight excluding hydrogens is 306 g/mol. The van der Waals surface area contributed by atoms with Crippen molar-refractivity contribution in [2.24, 2.45) is 0 Å². The number of carboxylic acid groups (broad SMARTS) is 1. The molecule has 0 atom stereocenters. The van der Waals surface area contributed by atoms with Gasteiger partial charge < -0.3 is 10.4 Å². The first-order valence-corrected chi connectivity index (χ1v) is 7.98. The van der Waals surface area contributed by atoms with Gasteiger partial charge >= 0.3 is 5.97 Å². The van der Waals surface area contributed by atoms with E-state index in [9.17, 15) is 18.0 Å². The summed E-state index contributed by atoms with van der Waals surface area (Å²) in [4.78, 5) is 22.5. The topological polar surface area (TPSA) is 101 Å². The van der Waals surface area contributed by atoms with Crippen LogP contribution in [0, 0.1) is 0 Å². The molecule has 0 spiro atoms. The second-order valence-electron chi connectivity index (χ2n) is 4.14. The Morgan fingerprint density at radius 1 is 1.35 bits per heavy atom. The minimum atomic E-state index is -3.46. The van der Waals surface area contributed by atoms with Gasteiger partial charge in [-0.05, 0) is 24.6 Å². The number of rotatable bonds is 6. The first-order valence-electron chi connectivity index (χ1n) is 5.78. The van der Waals surface area contributed by atoms with Crippen LogP contribution in [0.4, 0.5) is 5.69 Å². The van der Waals surface area contributed by atoms with Gasteiger partial charge in [0.25, 0.3) is 0 Å². The highest BCUT2D eigenvalue weighted by Crippen LogP contribution is 2.23. The van der Waals surface area contributed by atoms with Gasteiger partial charge in [0.1, 0.15) is 5.75 Å². The number of carboxylic acids is 1. The summed E-state index contributed by atoms with van der Waals surface area (Å²) in [7, 11) is -3.46. The summed E-state index contributed by atoms with van der Waals surface area (Å²) in [5.74, 6) is -2.66. The molecule has 0 heterocycles. The minimum Gasteiger partial charge on any atom is -0.478 e. The number of anilines is 1. The molecule has 0 fully saturated rings. The van der Waals surface area contributed by atoms with E-state index in [1.807, 2.05) is 0 Å². The summed E-state index contributed by atoms with van der Waals surface area (Å²) >= 11 is 5.82. The SMILES string of the molecule is CCCS(=O)(=O)CC(=O)Nc1cc(C(=O)O)ccc1Cl. The Morgan fingerprint density at radius 2 is 2.00 bits per heavy atom. The van der Waals surface area contributed by atoms with Crippen molar-refractivity contribution in [3.8, 4) is 0 Å². The number of carbonyl (C=O) groups is 2. The van der Waals surface area contributed by atoms with Crippen LogP contribution in [0.1, 0.15) is 23.7 Å². The smallest absolute Gasteiger partial charge is 0.335 e. The van der Waals surface area contributed by atoms with Gasteiger partial charge in [-0.1, -0.05) is 18.5 Å². The van der Waals surface area contributed by atoms with Crippen LogP contribution in [0.25, 0.3) is 0 Å². The first kappa shape index (κ1) is 16.5. The van der Waals surface area contributed by atoms with Crippen LogP contribution < -0.4 is 5.32 Å². The standard InChI is InChI=1S/C12H14ClNO5S/c1-2-5-20(18,19)7-11(15)14-10-6-8(12(16)17)3-4-9(10)13/h3-4,6H,2,5,7H2,1H3,(H,14,15)(H,16,17). The third kappa shape index (κ3) is 4.82. The third-order valence-corrected chi connectivity index (χ3v) is 4.42. The molecule has 0 unspecified atom stereocenters. The predicted octanol–water partition coefficient (Wildman–Crippen LogP) is 1.80. The fourth-order valence-corrected chi connectivity index (χ4v) is 2.93. The average Bonchev–Trinajstić information content (AvgIpc) is 2.30. The summed E-state index contributed by atoms with van der Waals surface area (Å²) < 4.78 is 23.0. The second kappa shape index (κ2) is 6.71. The van der Waals surface area contributed by atoms with Gasteiger partial charge in [0, 0.05) is 0 Å². The van der Waals surface area contributed by atoms with Gasteiger partial charge in [-0.3, -0.25) is 4.79 Å². The van der Waals surface area contributed by atoms with E-state index in [1.54, 1.807) is 6.92 Å². The Kier molecular flexibility index (Phi) is 5.52. The van der Waals surface area contributed by atoms with E-state index in [0.29, 0.717) is 6.42 Å². The molecule has 0 aliphatic carbocycles. The van der Waals surface area contributed by atoms with Gasteiger partial charge in [0.2, 0.25) is 5.91 Å². The number of hydrogen-bond acceptors (Lipinski definition) is 4. The van der Waals surface area contributed by atoms with Crippen LogP contribution in [0.2, 0.25) is 5.02 Å². The zero-order chi connectivity index (χ0) is 15.3. The van der Waals surface area contributed by atoms with Crippen LogP contribution in [-0.2, 0) is 14.6 Å². The summed E-state index contributed by atoms with van der Waals surface area (Å²) in [6, 6.07) is 3.78. The van der Waals surface area contributed by atoms with E-state index < -0.39 is 27.5 Å². The lowest BCUT2D eigenvalue weighted by atomic mass is 10.2. The highest BCUT2D eigenvalue weighted by atomic mass is 35.5. The van der Waals surface area contributed by atoms with E-state index >= 15 is 0 Å². The fraction of sp³-hybridized carbons (Fsp3) is 0.333. The molecule has 8 heteroatoms. The van der Waals surface area contributed by atoms with E-state index in [2.05, 4.69) is 5.32 Å². The number of halogens is 1. The van der Waals surface area contributed by atoms with Crippen molar-refractivity contribution < 1.29 is 23.1 Å². The Morgan fingerprint density at radius 3 is 2.55 bits per heavy atom. The number of benzene rings is 1. The van der Waals surface area contributed by atoms with Gasteiger partial charge in [0.05, 0.1) is 22.0 Å². The maximum Gasteiger partial charge on any atom is 0.335 e. The zero-order valence-corrected chi connectivity index (χ0v) is 12.3. The molecule has 110 valence electrons. The van der Waals surface area contributed by atoms with Crippen molar-refractivity contribution in [3.63, 3.8) is 0 Å². The summed E-state index contributed by atoms with van der Waals surface area (Å²) in [5, 5.41) is 11.3. The summed E-state index contributed by atoms with van der Waals surface area (Å²) in [5.41, 5.74) is 0.0179. The lowest BCUT2D eigenvalue weighted by Gasteiger charge is -2.08. The molecule has 20 heavy (non-hydrogen) atoms. The molecule has 0 aromatic heterocycles. The Labute approximate surface area is 121 Å². The first-order chi connectivity index (χ1) is 9.25. The quantitative estimate of drug-likeness (QED) is 0.832. The normalized spacial score (nSPS) is 11.1. The molecule has 0 bridgehead atoms. The predicted molar refractivity (Wildman–Crippen MR) is 76.0 cm³/mol. The number of amides is 1. The summed E-state index contributed by atoms with van der Waals surface area (Å²) in [6.45, 7) is 1.70. The Hall–Kier alpha value is -1.60. The van der Waals surface area contributed by atoms with Crippen LogP contribution in [0.3, 0.4) is 0 Å². The lowest BCUT2D eigenvalue weighted by molar-refractivity contribution is -0.113. The molecule has 0 aliphatic rings. The van der Waals surface area contributed by atoms with E-state index in [1.165, 1.54) is 18.2 Å². The molecule has 1 rings (SSSR count). The monoisotopic (exact) mass is 319 g/mol. The maximum absolute atomic E-state index is 11.6. The Balaban J connectivity index is 2.85.